The van der Waals surface area contributed by atoms with E-state index < -0.39 is 0 Å². The summed E-state index contributed by atoms with van der Waals surface area (Å²) in [5, 5.41) is 5.62. The van der Waals surface area contributed by atoms with E-state index in [1.54, 1.807) is 35.8 Å². The number of carbonyl (C=O) groups excluding carboxylic acids is 1. The molecule has 3 aromatic rings. The van der Waals surface area contributed by atoms with Crippen molar-refractivity contribution in [3.05, 3.63) is 52.0 Å². The third kappa shape index (κ3) is 2.82. The zero-order valence-electron chi connectivity index (χ0n) is 11.5. The van der Waals surface area contributed by atoms with Crippen molar-refractivity contribution in [1.82, 2.24) is 14.7 Å². The Morgan fingerprint density at radius 2 is 2.10 bits per heavy atom. The highest BCUT2D eigenvalue weighted by molar-refractivity contribution is 7.07. The van der Waals surface area contributed by atoms with E-state index >= 15 is 0 Å². The van der Waals surface area contributed by atoms with Gasteiger partial charge in [0.25, 0.3) is 11.8 Å². The molecular weight excluding hydrogens is 288 g/mol. The molecule has 106 valence electrons. The van der Waals surface area contributed by atoms with Crippen LogP contribution in [0.5, 0.6) is 0 Å². The number of rotatable bonds is 2. The summed E-state index contributed by atoms with van der Waals surface area (Å²) < 4.78 is 6.88. The fourth-order valence-electron chi connectivity index (χ4n) is 1.76. The normalized spacial score (nSPS) is 11.8. The Balaban J connectivity index is 1.88. The Morgan fingerprint density at radius 3 is 2.67 bits per heavy atom. The molecule has 1 amide bonds. The van der Waals surface area contributed by atoms with Crippen LogP contribution in [0.15, 0.2) is 45.4 Å². The number of carbonyl (C=O) groups is 1. The maximum Gasteiger partial charge on any atom is 0.279 e. The van der Waals surface area contributed by atoms with Crippen molar-refractivity contribution in [3.8, 4) is 11.5 Å². The van der Waals surface area contributed by atoms with Crippen molar-refractivity contribution < 1.29 is 9.32 Å². The van der Waals surface area contributed by atoms with E-state index in [1.807, 2.05) is 18.6 Å². The topological polar surface area (TPSA) is 73.3 Å². The summed E-state index contributed by atoms with van der Waals surface area (Å²) in [5.41, 5.74) is 1.29. The number of hydrogen-bond acceptors (Lipinski definition) is 5. The Bertz CT molecular complexity index is 842. The van der Waals surface area contributed by atoms with Crippen LogP contribution in [0.1, 0.15) is 16.2 Å². The maximum atomic E-state index is 12.1. The van der Waals surface area contributed by atoms with Crippen LogP contribution in [0, 0.1) is 6.92 Å². The van der Waals surface area contributed by atoms with Gasteiger partial charge in [0.05, 0.1) is 0 Å². The van der Waals surface area contributed by atoms with Gasteiger partial charge in [0.1, 0.15) is 0 Å². The molecule has 3 rings (SSSR count). The molecule has 1 aromatic carbocycles. The summed E-state index contributed by atoms with van der Waals surface area (Å²) in [4.78, 5) is 21.0. The predicted octanol–water partition coefficient (Wildman–Crippen LogP) is 2.19. The second kappa shape index (κ2) is 5.45. The van der Waals surface area contributed by atoms with Crippen LogP contribution in [0.3, 0.4) is 0 Å². The quantitative estimate of drug-likeness (QED) is 0.727. The fraction of sp³-hybridized carbons (Fsp3) is 0.143. The third-order valence-corrected chi connectivity index (χ3v) is 3.71. The first-order chi connectivity index (χ1) is 10.1. The largest absolute Gasteiger partial charge is 0.334 e. The van der Waals surface area contributed by atoms with E-state index in [9.17, 15) is 4.79 Å². The minimum Gasteiger partial charge on any atom is -0.334 e. The molecule has 2 heterocycles. The number of nitrogens with zero attached hydrogens (tertiary/aromatic N) is 4. The summed E-state index contributed by atoms with van der Waals surface area (Å²) in [5.74, 6) is 0.736. The Hall–Kier alpha value is -2.54. The second-order valence-electron chi connectivity index (χ2n) is 4.44. The molecular formula is C14H12N4O2S. The summed E-state index contributed by atoms with van der Waals surface area (Å²) in [7, 11) is 1.85. The lowest BCUT2D eigenvalue weighted by Crippen LogP contribution is -2.12. The molecule has 0 N–H and O–H groups in total. The van der Waals surface area contributed by atoms with Crippen LogP contribution < -0.4 is 4.80 Å². The lowest BCUT2D eigenvalue weighted by molar-refractivity contribution is 0.0998. The molecule has 0 bridgehead atoms. The van der Waals surface area contributed by atoms with Crippen molar-refractivity contribution in [1.29, 1.82) is 0 Å². The van der Waals surface area contributed by atoms with Gasteiger partial charge in [-0.3, -0.25) is 4.79 Å². The van der Waals surface area contributed by atoms with Gasteiger partial charge < -0.3 is 9.09 Å². The summed E-state index contributed by atoms with van der Waals surface area (Å²) >= 11 is 1.42. The van der Waals surface area contributed by atoms with Gasteiger partial charge in [-0.1, -0.05) is 5.16 Å². The molecule has 0 aliphatic rings. The van der Waals surface area contributed by atoms with E-state index in [0.29, 0.717) is 22.1 Å². The lowest BCUT2D eigenvalue weighted by atomic mass is 10.1. The summed E-state index contributed by atoms with van der Waals surface area (Å²) in [6, 6.07) is 6.94. The van der Waals surface area contributed by atoms with E-state index in [4.69, 9.17) is 4.52 Å². The van der Waals surface area contributed by atoms with Crippen LogP contribution >= 0.6 is 11.3 Å². The predicted molar refractivity (Wildman–Crippen MR) is 77.7 cm³/mol. The molecule has 0 atom stereocenters. The molecule has 0 unspecified atom stereocenters. The average Bonchev–Trinajstić information content (AvgIpc) is 3.08. The first-order valence-corrected chi connectivity index (χ1v) is 7.11. The van der Waals surface area contributed by atoms with Crippen LogP contribution in [-0.4, -0.2) is 20.6 Å². The van der Waals surface area contributed by atoms with Gasteiger partial charge >= 0.3 is 0 Å². The van der Waals surface area contributed by atoms with Crippen LogP contribution in [0.4, 0.5) is 0 Å². The monoisotopic (exact) mass is 300 g/mol. The van der Waals surface area contributed by atoms with Crippen LogP contribution in [0.2, 0.25) is 0 Å². The number of aromatic nitrogens is 3. The molecule has 0 aliphatic heterocycles. The Kier molecular flexibility index (Phi) is 3.49. The van der Waals surface area contributed by atoms with Crippen molar-refractivity contribution >= 4 is 17.2 Å². The smallest absolute Gasteiger partial charge is 0.279 e. The van der Waals surface area contributed by atoms with E-state index in [1.165, 1.54) is 11.3 Å². The van der Waals surface area contributed by atoms with Gasteiger partial charge in [-0.05, 0) is 31.2 Å². The van der Waals surface area contributed by atoms with Gasteiger partial charge in [-0.25, -0.2) is 0 Å². The van der Waals surface area contributed by atoms with E-state index in [0.717, 1.165) is 5.56 Å². The van der Waals surface area contributed by atoms with Crippen LogP contribution in [0.25, 0.3) is 11.5 Å². The minimum absolute atomic E-state index is 0.277. The molecule has 0 fully saturated rings. The number of amides is 1. The van der Waals surface area contributed by atoms with Crippen molar-refractivity contribution in [3.63, 3.8) is 0 Å². The zero-order chi connectivity index (χ0) is 14.8. The highest BCUT2D eigenvalue weighted by atomic mass is 32.1. The standard InChI is InChI=1S/C14H12N4O2S/c1-9-15-13(20-17-9)11-5-3-10(4-6-11)12(19)16-14-18(2)7-8-21-14/h3-8H,1-2H3. The third-order valence-electron chi connectivity index (χ3n) is 2.86. The highest BCUT2D eigenvalue weighted by Crippen LogP contribution is 2.17. The maximum absolute atomic E-state index is 12.1. The SMILES string of the molecule is Cc1noc(-c2ccc(C(=O)N=c3sccn3C)cc2)n1. The Labute approximate surface area is 124 Å². The zero-order valence-corrected chi connectivity index (χ0v) is 12.3. The van der Waals surface area contributed by atoms with E-state index in [-0.39, 0.29) is 5.91 Å². The molecule has 0 spiro atoms. The second-order valence-corrected chi connectivity index (χ2v) is 5.31. The first kappa shape index (κ1) is 13.4. The van der Waals surface area contributed by atoms with Crippen molar-refractivity contribution in [2.45, 2.75) is 6.92 Å². The van der Waals surface area contributed by atoms with Gasteiger partial charge in [-0.2, -0.15) is 9.98 Å². The molecule has 0 saturated heterocycles. The van der Waals surface area contributed by atoms with Gasteiger partial charge in [0.2, 0.25) is 0 Å². The molecule has 7 heteroatoms. The molecule has 0 saturated carbocycles. The lowest BCUT2D eigenvalue weighted by Gasteiger charge is -1.97. The average molecular weight is 300 g/mol. The summed E-state index contributed by atoms with van der Waals surface area (Å²) in [6.07, 6.45) is 1.86. The van der Waals surface area contributed by atoms with Gasteiger partial charge in [-0.15, -0.1) is 11.3 Å². The molecule has 2 aromatic heterocycles. The van der Waals surface area contributed by atoms with E-state index in [2.05, 4.69) is 15.1 Å². The molecule has 21 heavy (non-hydrogen) atoms. The number of thiazole rings is 1. The van der Waals surface area contributed by atoms with Crippen molar-refractivity contribution in [2.75, 3.05) is 0 Å². The molecule has 0 radical (unpaired) electrons. The highest BCUT2D eigenvalue weighted by Gasteiger charge is 2.08. The summed E-state index contributed by atoms with van der Waals surface area (Å²) in [6.45, 7) is 1.75. The fourth-order valence-corrected chi connectivity index (χ4v) is 2.48. The Morgan fingerprint density at radius 1 is 1.33 bits per heavy atom. The van der Waals surface area contributed by atoms with Crippen LogP contribution in [-0.2, 0) is 7.05 Å². The van der Waals surface area contributed by atoms with Crippen molar-refractivity contribution in [2.24, 2.45) is 12.0 Å². The molecule has 6 nitrogen and oxygen atoms in total. The minimum atomic E-state index is -0.277. The number of benzene rings is 1. The number of aryl methyl sites for hydroxylation is 2. The first-order valence-electron chi connectivity index (χ1n) is 6.23. The molecule has 0 aliphatic carbocycles. The van der Waals surface area contributed by atoms with Gasteiger partial charge in [0.15, 0.2) is 10.6 Å². The van der Waals surface area contributed by atoms with Gasteiger partial charge in [0, 0.05) is 29.8 Å². The number of hydrogen-bond donors (Lipinski definition) is 0.